The van der Waals surface area contributed by atoms with Crippen LogP contribution in [0.1, 0.15) is 11.1 Å². The average Bonchev–Trinajstić information content (AvgIpc) is 3.05. The molecule has 6 rings (SSSR count). The Bertz CT molecular complexity index is 2360. The van der Waals surface area contributed by atoms with E-state index in [1.54, 1.807) is 79.4 Å². The number of sulfone groups is 2. The van der Waals surface area contributed by atoms with Crippen molar-refractivity contribution < 1.29 is 16.8 Å². The molecule has 2 aromatic heterocycles. The predicted molar refractivity (Wildman–Crippen MR) is 177 cm³/mol. The normalized spacial score (nSPS) is 11.5. The first-order valence-corrected chi connectivity index (χ1v) is 17.6. The Morgan fingerprint density at radius 1 is 0.630 bits per heavy atom. The highest BCUT2D eigenvalue weighted by Crippen LogP contribution is 2.34. The number of azide groups is 1. The van der Waals surface area contributed by atoms with E-state index in [0.717, 1.165) is 16.6 Å². The summed E-state index contributed by atoms with van der Waals surface area (Å²) in [5, 5.41) is 3.61. The average molecular weight is 653 g/mol. The second kappa shape index (κ2) is 13.4. The summed E-state index contributed by atoms with van der Waals surface area (Å²) in [5.41, 5.74) is 21.4. The third kappa shape index (κ3) is 7.00. The third-order valence-electron chi connectivity index (χ3n) is 7.07. The summed E-state index contributed by atoms with van der Waals surface area (Å²) in [6.45, 7) is 0.385. The quantitative estimate of drug-likeness (QED) is 0.128. The molecule has 4 aromatic carbocycles. The van der Waals surface area contributed by atoms with E-state index in [4.69, 9.17) is 11.3 Å². The van der Waals surface area contributed by atoms with Gasteiger partial charge in [-0.3, -0.25) is 19.9 Å². The molecule has 14 heteroatoms. The van der Waals surface area contributed by atoms with Gasteiger partial charge < -0.3 is 5.73 Å². The van der Waals surface area contributed by atoms with Gasteiger partial charge in [-0.25, -0.2) is 16.8 Å². The van der Waals surface area contributed by atoms with Gasteiger partial charge in [0.15, 0.2) is 19.7 Å². The Balaban J connectivity index is 0.000000182. The highest BCUT2D eigenvalue weighted by Gasteiger charge is 2.18. The fraction of sp³-hybridized carbons (Fsp3) is 0.125. The van der Waals surface area contributed by atoms with Crippen LogP contribution in [0.4, 0.5) is 0 Å². The van der Waals surface area contributed by atoms with E-state index in [9.17, 15) is 16.8 Å². The van der Waals surface area contributed by atoms with E-state index >= 15 is 0 Å². The zero-order chi connectivity index (χ0) is 32.9. The first-order valence-electron chi connectivity index (χ1n) is 13.8. The lowest BCUT2D eigenvalue weighted by atomic mass is 9.98. The summed E-state index contributed by atoms with van der Waals surface area (Å²) >= 11 is 0. The van der Waals surface area contributed by atoms with Gasteiger partial charge in [0.2, 0.25) is 0 Å². The minimum atomic E-state index is -3.41. The van der Waals surface area contributed by atoms with E-state index in [-0.39, 0.29) is 16.3 Å². The van der Waals surface area contributed by atoms with Gasteiger partial charge in [-0.1, -0.05) is 41.5 Å². The highest BCUT2D eigenvalue weighted by molar-refractivity contribution is 7.91. The van der Waals surface area contributed by atoms with Crippen LogP contribution in [-0.4, -0.2) is 49.3 Å². The van der Waals surface area contributed by atoms with E-state index in [1.165, 1.54) is 12.5 Å². The van der Waals surface area contributed by atoms with Crippen LogP contribution in [0.15, 0.2) is 112 Å². The summed E-state index contributed by atoms with van der Waals surface area (Å²) in [7, 11) is -6.75. The smallest absolute Gasteiger partial charge is 0.176 e. The molecule has 12 nitrogen and oxygen atoms in total. The van der Waals surface area contributed by atoms with Crippen LogP contribution in [0.25, 0.3) is 54.8 Å². The fourth-order valence-corrected chi connectivity index (χ4v) is 6.85. The van der Waals surface area contributed by atoms with Crippen molar-refractivity contribution in [2.45, 2.75) is 22.9 Å². The highest BCUT2D eigenvalue weighted by atomic mass is 32.2. The standard InChI is InChI=1S/C16H13N5O2S.C16H15N3O2S/c1-24(22,23)16-5-3-2-4-12(16)13-9-15-14(18-6-7-19-15)8-11(13)10-20-21-17;1-22(20,21)16-5-3-2-4-12(16)13-9-15-14(8-11(13)10-17)18-6-7-19-15/h2-9H,10H2,1H3;2-9H,10,17H2,1H3. The topological polar surface area (TPSA) is 195 Å². The molecule has 0 atom stereocenters. The minimum absolute atomic E-state index is 0.0937. The van der Waals surface area contributed by atoms with Crippen molar-refractivity contribution in [3.8, 4) is 22.3 Å². The zero-order valence-corrected chi connectivity index (χ0v) is 26.4. The summed E-state index contributed by atoms with van der Waals surface area (Å²) in [6, 6.07) is 20.9. The Morgan fingerprint density at radius 2 is 1.02 bits per heavy atom. The third-order valence-corrected chi connectivity index (χ3v) is 9.38. The maximum atomic E-state index is 12.1. The fourth-order valence-electron chi connectivity index (χ4n) is 5.04. The van der Waals surface area contributed by atoms with Crippen LogP contribution in [0.5, 0.6) is 0 Å². The number of fused-ring (bicyclic) bond motifs is 2. The van der Waals surface area contributed by atoms with Gasteiger partial charge in [0.25, 0.3) is 0 Å². The first-order chi connectivity index (χ1) is 22.0. The van der Waals surface area contributed by atoms with Crippen LogP contribution in [0.2, 0.25) is 0 Å². The Morgan fingerprint density at radius 3 is 1.43 bits per heavy atom. The van der Waals surface area contributed by atoms with Gasteiger partial charge >= 0.3 is 0 Å². The molecule has 0 saturated carbocycles. The van der Waals surface area contributed by atoms with Crippen molar-refractivity contribution in [3.63, 3.8) is 0 Å². The number of rotatable bonds is 7. The van der Waals surface area contributed by atoms with E-state index in [1.807, 2.05) is 18.2 Å². The maximum absolute atomic E-state index is 12.1. The lowest BCUT2D eigenvalue weighted by molar-refractivity contribution is 0.600. The zero-order valence-electron chi connectivity index (χ0n) is 24.8. The molecule has 2 heterocycles. The molecule has 0 bridgehead atoms. The number of hydrogen-bond acceptors (Lipinski definition) is 10. The second-order valence-corrected chi connectivity index (χ2v) is 14.2. The summed E-state index contributed by atoms with van der Waals surface area (Å²) < 4.78 is 48.3. The number of nitrogens with two attached hydrogens (primary N) is 1. The lowest BCUT2D eigenvalue weighted by Gasteiger charge is -2.13. The van der Waals surface area contributed by atoms with E-state index in [2.05, 4.69) is 30.0 Å². The number of benzene rings is 4. The van der Waals surface area contributed by atoms with Crippen LogP contribution in [0, 0.1) is 0 Å². The van der Waals surface area contributed by atoms with Gasteiger partial charge in [-0.15, -0.1) is 0 Å². The van der Waals surface area contributed by atoms with Crippen molar-refractivity contribution in [3.05, 3.63) is 119 Å². The Kier molecular flexibility index (Phi) is 9.35. The maximum Gasteiger partial charge on any atom is 0.176 e. The largest absolute Gasteiger partial charge is 0.326 e. The molecule has 0 aliphatic heterocycles. The number of nitrogens with zero attached hydrogens (tertiary/aromatic N) is 7. The molecule has 0 aliphatic carbocycles. The molecule has 0 fully saturated rings. The van der Waals surface area contributed by atoms with Gasteiger partial charge in [0.05, 0.1) is 38.4 Å². The molecule has 0 unspecified atom stereocenters. The Labute approximate surface area is 265 Å². The van der Waals surface area contributed by atoms with Crippen molar-refractivity contribution in [2.24, 2.45) is 10.8 Å². The molecular weight excluding hydrogens is 625 g/mol. The molecule has 46 heavy (non-hydrogen) atoms. The van der Waals surface area contributed by atoms with Gasteiger partial charge in [-0.2, -0.15) is 0 Å². The SMILES string of the molecule is CS(=O)(=O)c1ccccc1-c1cc2nccnc2cc1CN.CS(=O)(=O)c1ccccc1-c1cc2nccnc2cc1CN=[N+]=[N-]. The van der Waals surface area contributed by atoms with Gasteiger partial charge in [0, 0.05) is 59.9 Å². The van der Waals surface area contributed by atoms with E-state index < -0.39 is 19.7 Å². The molecule has 0 spiro atoms. The molecule has 6 aromatic rings. The molecule has 0 amide bonds. The van der Waals surface area contributed by atoms with Gasteiger partial charge in [0.1, 0.15) is 0 Å². The van der Waals surface area contributed by atoms with Crippen LogP contribution >= 0.6 is 0 Å². The van der Waals surface area contributed by atoms with Crippen molar-refractivity contribution in [2.75, 3.05) is 12.5 Å². The molecular formula is C32H28N8O4S2. The Hall–Kier alpha value is -5.27. The van der Waals surface area contributed by atoms with Crippen molar-refractivity contribution >= 4 is 41.7 Å². The van der Waals surface area contributed by atoms with E-state index in [0.29, 0.717) is 45.3 Å². The lowest BCUT2D eigenvalue weighted by Crippen LogP contribution is -2.04. The van der Waals surface area contributed by atoms with Gasteiger partial charge in [-0.05, 0) is 64.2 Å². The predicted octanol–water partition coefficient (Wildman–Crippen LogP) is 5.67. The molecule has 232 valence electrons. The molecule has 0 aliphatic rings. The first kappa shape index (κ1) is 32.1. The molecule has 0 radical (unpaired) electrons. The number of aromatic nitrogens is 4. The molecule has 2 N–H and O–H groups in total. The van der Waals surface area contributed by atoms with Crippen molar-refractivity contribution in [1.82, 2.24) is 19.9 Å². The summed E-state index contributed by atoms with van der Waals surface area (Å²) in [4.78, 5) is 20.3. The van der Waals surface area contributed by atoms with Crippen LogP contribution in [-0.2, 0) is 32.8 Å². The van der Waals surface area contributed by atoms with Crippen molar-refractivity contribution in [1.29, 1.82) is 0 Å². The van der Waals surface area contributed by atoms with Crippen LogP contribution < -0.4 is 5.73 Å². The summed E-state index contributed by atoms with van der Waals surface area (Å²) in [6.07, 6.45) is 8.74. The molecule has 0 saturated heterocycles. The minimum Gasteiger partial charge on any atom is -0.326 e. The second-order valence-electron chi connectivity index (χ2n) is 10.2. The van der Waals surface area contributed by atoms with Crippen LogP contribution in [0.3, 0.4) is 0 Å². The number of hydrogen-bond donors (Lipinski definition) is 1. The summed E-state index contributed by atoms with van der Waals surface area (Å²) in [5.74, 6) is 0. The monoisotopic (exact) mass is 652 g/mol.